The largest absolute Gasteiger partial charge is 0.326 e. The SMILES string of the molecule is NSNCCCCCC(=O)Nc1ccccc1. The molecule has 0 unspecified atom stereocenters. The van der Waals surface area contributed by atoms with Gasteiger partial charge in [-0.1, -0.05) is 24.6 Å². The van der Waals surface area contributed by atoms with E-state index in [2.05, 4.69) is 10.0 Å². The molecule has 0 bridgehead atoms. The van der Waals surface area contributed by atoms with Gasteiger partial charge in [0.1, 0.15) is 0 Å². The maximum absolute atomic E-state index is 11.6. The van der Waals surface area contributed by atoms with E-state index in [4.69, 9.17) is 5.14 Å². The molecule has 5 heteroatoms. The van der Waals surface area contributed by atoms with E-state index in [0.717, 1.165) is 43.6 Å². The highest BCUT2D eigenvalue weighted by molar-refractivity contribution is 7.95. The Bertz CT molecular complexity index is 319. The van der Waals surface area contributed by atoms with Crippen LogP contribution in [0.15, 0.2) is 30.3 Å². The van der Waals surface area contributed by atoms with Crippen LogP contribution in [0.1, 0.15) is 25.7 Å². The van der Waals surface area contributed by atoms with E-state index in [1.807, 2.05) is 30.3 Å². The first-order valence-corrected chi connectivity index (χ1v) is 6.64. The minimum Gasteiger partial charge on any atom is -0.326 e. The van der Waals surface area contributed by atoms with Crippen molar-refractivity contribution in [2.45, 2.75) is 25.7 Å². The summed E-state index contributed by atoms with van der Waals surface area (Å²) in [6, 6.07) is 9.52. The summed E-state index contributed by atoms with van der Waals surface area (Å²) in [7, 11) is 0. The lowest BCUT2D eigenvalue weighted by Crippen LogP contribution is -2.12. The van der Waals surface area contributed by atoms with Crippen LogP contribution in [-0.4, -0.2) is 12.5 Å². The molecule has 1 rings (SSSR count). The zero-order chi connectivity index (χ0) is 12.3. The Kier molecular flexibility index (Phi) is 7.46. The summed E-state index contributed by atoms with van der Waals surface area (Å²) in [4.78, 5) is 11.6. The Morgan fingerprint density at radius 3 is 2.65 bits per heavy atom. The maximum Gasteiger partial charge on any atom is 0.224 e. The molecule has 94 valence electrons. The number of amides is 1. The summed E-state index contributed by atoms with van der Waals surface area (Å²) < 4.78 is 2.97. The van der Waals surface area contributed by atoms with Gasteiger partial charge in [-0.2, -0.15) is 0 Å². The van der Waals surface area contributed by atoms with Crippen molar-refractivity contribution in [3.05, 3.63) is 30.3 Å². The van der Waals surface area contributed by atoms with E-state index in [0.29, 0.717) is 6.42 Å². The summed E-state index contributed by atoms with van der Waals surface area (Å²) in [5, 5.41) is 8.08. The second-order valence-corrected chi connectivity index (χ2v) is 4.26. The Labute approximate surface area is 107 Å². The van der Waals surface area contributed by atoms with E-state index < -0.39 is 0 Å². The van der Waals surface area contributed by atoms with Crippen molar-refractivity contribution in [1.29, 1.82) is 0 Å². The first-order valence-electron chi connectivity index (χ1n) is 5.76. The minimum atomic E-state index is 0.0809. The van der Waals surface area contributed by atoms with Crippen molar-refractivity contribution in [2.24, 2.45) is 5.14 Å². The van der Waals surface area contributed by atoms with Crippen LogP contribution in [0.3, 0.4) is 0 Å². The molecule has 0 heterocycles. The van der Waals surface area contributed by atoms with Crippen molar-refractivity contribution in [3.63, 3.8) is 0 Å². The van der Waals surface area contributed by atoms with Gasteiger partial charge in [-0.05, 0) is 25.0 Å². The average molecular weight is 253 g/mol. The molecule has 0 saturated carbocycles. The number of hydrogen-bond donors (Lipinski definition) is 3. The van der Waals surface area contributed by atoms with Crippen LogP contribution in [0.25, 0.3) is 0 Å². The van der Waals surface area contributed by atoms with Gasteiger partial charge in [0.2, 0.25) is 5.91 Å². The molecule has 4 N–H and O–H groups in total. The summed E-state index contributed by atoms with van der Waals surface area (Å²) in [6.07, 6.45) is 3.57. The summed E-state index contributed by atoms with van der Waals surface area (Å²) in [5.74, 6) is 0.0809. The number of hydrogen-bond acceptors (Lipinski definition) is 4. The molecule has 1 aromatic rings. The number of rotatable bonds is 8. The molecular formula is C12H19N3OS. The predicted molar refractivity (Wildman–Crippen MR) is 73.3 cm³/mol. The molecule has 4 nitrogen and oxygen atoms in total. The van der Waals surface area contributed by atoms with Gasteiger partial charge in [0.05, 0.1) is 0 Å². The fourth-order valence-electron chi connectivity index (χ4n) is 1.46. The van der Waals surface area contributed by atoms with Crippen LogP contribution < -0.4 is 15.2 Å². The van der Waals surface area contributed by atoms with Crippen LogP contribution in [0.2, 0.25) is 0 Å². The van der Waals surface area contributed by atoms with E-state index in [-0.39, 0.29) is 5.91 Å². The highest BCUT2D eigenvalue weighted by Gasteiger charge is 2.01. The normalized spacial score (nSPS) is 10.2. The number of carbonyl (C=O) groups is 1. The fraction of sp³-hybridized carbons (Fsp3) is 0.417. The zero-order valence-corrected chi connectivity index (χ0v) is 10.6. The summed E-state index contributed by atoms with van der Waals surface area (Å²) in [5.41, 5.74) is 0.860. The third-order valence-electron chi connectivity index (χ3n) is 2.32. The Hall–Kier alpha value is -1.04. The number of carbonyl (C=O) groups excluding carboxylic acids is 1. The first kappa shape index (κ1) is 14.0. The zero-order valence-electron chi connectivity index (χ0n) is 9.82. The van der Waals surface area contributed by atoms with Crippen LogP contribution >= 0.6 is 12.1 Å². The maximum atomic E-state index is 11.6. The minimum absolute atomic E-state index is 0.0809. The molecule has 0 atom stereocenters. The van der Waals surface area contributed by atoms with Crippen molar-refractivity contribution in [2.75, 3.05) is 11.9 Å². The van der Waals surface area contributed by atoms with Crippen molar-refractivity contribution in [1.82, 2.24) is 4.72 Å². The molecule has 0 aliphatic rings. The van der Waals surface area contributed by atoms with E-state index in [9.17, 15) is 4.79 Å². The van der Waals surface area contributed by atoms with Crippen molar-refractivity contribution < 1.29 is 4.79 Å². The van der Waals surface area contributed by atoms with Crippen LogP contribution in [0, 0.1) is 0 Å². The third kappa shape index (κ3) is 6.99. The molecular weight excluding hydrogens is 234 g/mol. The number of nitrogens with two attached hydrogens (primary N) is 1. The Morgan fingerprint density at radius 2 is 1.94 bits per heavy atom. The van der Waals surface area contributed by atoms with Gasteiger partial charge in [-0.3, -0.25) is 14.7 Å². The van der Waals surface area contributed by atoms with Gasteiger partial charge >= 0.3 is 0 Å². The quantitative estimate of drug-likeness (QED) is 0.491. The monoisotopic (exact) mass is 253 g/mol. The van der Waals surface area contributed by atoms with Gasteiger partial charge in [-0.25, -0.2) is 0 Å². The second-order valence-electron chi connectivity index (χ2n) is 3.74. The molecule has 0 radical (unpaired) electrons. The summed E-state index contributed by atoms with van der Waals surface area (Å²) in [6.45, 7) is 0.890. The van der Waals surface area contributed by atoms with E-state index in [1.54, 1.807) is 0 Å². The standard InChI is InChI=1S/C12H19N3OS/c13-17-14-10-6-2-5-9-12(16)15-11-7-3-1-4-8-11/h1,3-4,7-8,14H,2,5-6,9-10,13H2,(H,15,16). The highest BCUT2D eigenvalue weighted by Crippen LogP contribution is 2.07. The van der Waals surface area contributed by atoms with Crippen molar-refractivity contribution >= 4 is 23.7 Å². The lowest BCUT2D eigenvalue weighted by Gasteiger charge is -2.04. The lowest BCUT2D eigenvalue weighted by molar-refractivity contribution is -0.116. The number of benzene rings is 1. The van der Waals surface area contributed by atoms with E-state index >= 15 is 0 Å². The molecule has 0 fully saturated rings. The molecule has 0 aromatic heterocycles. The van der Waals surface area contributed by atoms with Crippen LogP contribution in [0.5, 0.6) is 0 Å². The first-order chi connectivity index (χ1) is 8.33. The van der Waals surface area contributed by atoms with Crippen LogP contribution in [-0.2, 0) is 4.79 Å². The van der Waals surface area contributed by atoms with Gasteiger partial charge in [0.25, 0.3) is 0 Å². The number of unbranched alkanes of at least 4 members (excludes halogenated alkanes) is 2. The molecule has 1 amide bonds. The number of anilines is 1. The van der Waals surface area contributed by atoms with Gasteiger partial charge in [0, 0.05) is 30.8 Å². The molecule has 0 aliphatic carbocycles. The molecule has 0 aliphatic heterocycles. The Balaban J connectivity index is 2.06. The van der Waals surface area contributed by atoms with Gasteiger partial charge in [0.15, 0.2) is 0 Å². The van der Waals surface area contributed by atoms with Gasteiger partial charge < -0.3 is 5.32 Å². The smallest absolute Gasteiger partial charge is 0.224 e. The number of nitrogens with one attached hydrogen (secondary N) is 2. The second kappa shape index (κ2) is 9.04. The molecule has 0 saturated heterocycles. The average Bonchev–Trinajstić information content (AvgIpc) is 2.35. The fourth-order valence-corrected chi connectivity index (χ4v) is 1.73. The van der Waals surface area contributed by atoms with Crippen LogP contribution in [0.4, 0.5) is 5.69 Å². The Morgan fingerprint density at radius 1 is 1.18 bits per heavy atom. The molecule has 0 spiro atoms. The molecule has 17 heavy (non-hydrogen) atoms. The van der Waals surface area contributed by atoms with Gasteiger partial charge in [-0.15, -0.1) is 0 Å². The predicted octanol–water partition coefficient (Wildman–Crippen LogP) is 2.30. The topological polar surface area (TPSA) is 67.1 Å². The highest BCUT2D eigenvalue weighted by atomic mass is 32.2. The lowest BCUT2D eigenvalue weighted by atomic mass is 10.2. The summed E-state index contributed by atoms with van der Waals surface area (Å²) >= 11 is 1.14. The van der Waals surface area contributed by atoms with E-state index in [1.165, 1.54) is 0 Å². The third-order valence-corrected chi connectivity index (χ3v) is 2.69. The van der Waals surface area contributed by atoms with Crippen molar-refractivity contribution in [3.8, 4) is 0 Å². The molecule has 1 aromatic carbocycles. The number of para-hydroxylation sites is 1.